The quantitative estimate of drug-likeness (QED) is 0.452. The maximum atomic E-state index is 4.55. The van der Waals surface area contributed by atoms with Crippen LogP contribution in [0.25, 0.3) is 10.4 Å². The number of hydrogen-bond acceptors (Lipinski definition) is 3. The predicted molar refractivity (Wildman–Crippen MR) is 112 cm³/mol. The average molecular weight is 370 g/mol. The molecule has 0 spiro atoms. The fourth-order valence-electron chi connectivity index (χ4n) is 3.09. The summed E-state index contributed by atoms with van der Waals surface area (Å²) in [6, 6.07) is 11.4. The fourth-order valence-corrected chi connectivity index (χ4v) is 4.86. The molecule has 0 N–H and O–H groups in total. The van der Waals surface area contributed by atoms with Crippen LogP contribution in [-0.4, -0.2) is 4.98 Å². The lowest BCUT2D eigenvalue weighted by Gasteiger charge is -2.25. The Balaban J connectivity index is 1.77. The molecule has 1 nitrogen and oxygen atoms in total. The van der Waals surface area contributed by atoms with Crippen molar-refractivity contribution in [3.8, 4) is 10.4 Å². The van der Waals surface area contributed by atoms with Crippen molar-refractivity contribution in [2.75, 3.05) is 0 Å². The predicted octanol–water partition coefficient (Wildman–Crippen LogP) is 7.08. The Morgan fingerprint density at radius 3 is 2.40 bits per heavy atom. The van der Waals surface area contributed by atoms with E-state index in [1.807, 2.05) is 17.5 Å². The Kier molecular flexibility index (Phi) is 5.45. The summed E-state index contributed by atoms with van der Waals surface area (Å²) in [6.45, 7) is 11.3. The monoisotopic (exact) mass is 369 g/mol. The number of hydrogen-bond donors (Lipinski definition) is 0. The van der Waals surface area contributed by atoms with Crippen LogP contribution in [0.4, 0.5) is 0 Å². The summed E-state index contributed by atoms with van der Waals surface area (Å²) in [4.78, 5) is 7.29. The van der Waals surface area contributed by atoms with Gasteiger partial charge in [0.05, 0.1) is 9.88 Å². The normalized spacial score (nSPS) is 12.1. The van der Waals surface area contributed by atoms with E-state index in [0.717, 1.165) is 12.8 Å². The lowest BCUT2D eigenvalue weighted by atomic mass is 9.79. The van der Waals surface area contributed by atoms with Crippen LogP contribution in [0.3, 0.4) is 0 Å². The minimum atomic E-state index is 0.140. The van der Waals surface area contributed by atoms with Gasteiger partial charge in [-0.05, 0) is 46.4 Å². The number of aryl methyl sites for hydroxylation is 1. The first kappa shape index (κ1) is 18.3. The summed E-state index contributed by atoms with van der Waals surface area (Å²) >= 11 is 3.69. The Bertz CT molecular complexity index is 822. The number of nitrogens with zero attached hydrogens (tertiary/aromatic N) is 1. The highest BCUT2D eigenvalue weighted by Crippen LogP contribution is 2.33. The van der Waals surface area contributed by atoms with Gasteiger partial charge in [-0.1, -0.05) is 58.9 Å². The molecule has 3 rings (SSSR count). The molecule has 1 aromatic carbocycles. The lowest BCUT2D eigenvalue weighted by molar-refractivity contribution is 0.523. The molecule has 132 valence electrons. The molecule has 0 fully saturated rings. The van der Waals surface area contributed by atoms with Crippen LogP contribution < -0.4 is 0 Å². The summed E-state index contributed by atoms with van der Waals surface area (Å²) in [5.41, 5.74) is 4.27. The van der Waals surface area contributed by atoms with Gasteiger partial charge in [-0.15, -0.1) is 22.7 Å². The molecule has 0 aliphatic rings. The second kappa shape index (κ2) is 7.43. The molecular formula is C22H27NS2. The van der Waals surface area contributed by atoms with E-state index in [2.05, 4.69) is 75.3 Å². The number of aromatic nitrogens is 1. The van der Waals surface area contributed by atoms with Gasteiger partial charge in [0.25, 0.3) is 0 Å². The summed E-state index contributed by atoms with van der Waals surface area (Å²) in [7, 11) is 0. The molecule has 2 aromatic heterocycles. The average Bonchev–Trinajstić information content (AvgIpc) is 3.24. The smallest absolute Gasteiger partial charge is 0.0956 e. The maximum absolute atomic E-state index is 4.55. The Hall–Kier alpha value is -1.45. The van der Waals surface area contributed by atoms with E-state index in [1.54, 1.807) is 11.3 Å². The molecule has 0 radical (unpaired) electrons. The zero-order valence-electron chi connectivity index (χ0n) is 15.8. The molecule has 2 heterocycles. The van der Waals surface area contributed by atoms with E-state index in [9.17, 15) is 0 Å². The van der Waals surface area contributed by atoms with Crippen molar-refractivity contribution < 1.29 is 0 Å². The van der Waals surface area contributed by atoms with Crippen LogP contribution in [0.2, 0.25) is 0 Å². The van der Waals surface area contributed by atoms with E-state index >= 15 is 0 Å². The van der Waals surface area contributed by atoms with E-state index in [4.69, 9.17) is 0 Å². The number of thiophene rings is 1. The zero-order valence-corrected chi connectivity index (χ0v) is 17.4. The number of rotatable bonds is 6. The highest BCUT2D eigenvalue weighted by Gasteiger charge is 2.22. The fraction of sp³-hybridized carbons (Fsp3) is 0.409. The Labute approximate surface area is 159 Å². The topological polar surface area (TPSA) is 12.9 Å². The lowest BCUT2D eigenvalue weighted by Crippen LogP contribution is -2.20. The van der Waals surface area contributed by atoms with Crippen LogP contribution in [-0.2, 0) is 18.3 Å². The maximum Gasteiger partial charge on any atom is 0.0956 e. The molecule has 0 unspecified atom stereocenters. The Morgan fingerprint density at radius 2 is 1.84 bits per heavy atom. The van der Waals surface area contributed by atoms with Gasteiger partial charge in [-0.3, -0.25) is 0 Å². The molecule has 0 saturated carbocycles. The van der Waals surface area contributed by atoms with Gasteiger partial charge in [0.15, 0.2) is 0 Å². The molecule has 0 aliphatic heterocycles. The third-order valence-corrected chi connectivity index (χ3v) is 7.15. The summed E-state index contributed by atoms with van der Waals surface area (Å²) in [5, 5.41) is 3.53. The summed E-state index contributed by atoms with van der Waals surface area (Å²) in [5.74, 6) is 0.496. The number of thiazole rings is 1. The molecule has 3 heteroatoms. The van der Waals surface area contributed by atoms with E-state index < -0.39 is 0 Å². The highest BCUT2D eigenvalue weighted by molar-refractivity contribution is 7.15. The zero-order chi connectivity index (χ0) is 18.0. The van der Waals surface area contributed by atoms with Crippen molar-refractivity contribution in [3.63, 3.8) is 0 Å². The molecule has 0 bridgehead atoms. The first-order valence-electron chi connectivity index (χ1n) is 9.02. The molecule has 0 amide bonds. The third-order valence-electron chi connectivity index (χ3n) is 4.67. The van der Waals surface area contributed by atoms with Crippen molar-refractivity contribution in [3.05, 3.63) is 62.9 Å². The van der Waals surface area contributed by atoms with Gasteiger partial charge in [0.1, 0.15) is 0 Å². The molecular weight excluding hydrogens is 342 g/mol. The van der Waals surface area contributed by atoms with Crippen molar-refractivity contribution in [1.82, 2.24) is 4.98 Å². The van der Waals surface area contributed by atoms with Gasteiger partial charge >= 0.3 is 0 Å². The SMILES string of the molecule is CCc1cc(CC(C)(C)c2ccc(-c3cnc(C(C)C)s3)cc2)cs1. The second-order valence-electron chi connectivity index (χ2n) is 7.63. The second-order valence-corrected chi connectivity index (χ2v) is 9.69. The third kappa shape index (κ3) is 4.21. The summed E-state index contributed by atoms with van der Waals surface area (Å²) < 4.78 is 0. The minimum Gasteiger partial charge on any atom is -0.249 e. The van der Waals surface area contributed by atoms with Crippen molar-refractivity contribution in [1.29, 1.82) is 0 Å². The van der Waals surface area contributed by atoms with Crippen molar-refractivity contribution in [2.45, 2.75) is 58.8 Å². The molecule has 0 atom stereocenters. The van der Waals surface area contributed by atoms with Gasteiger partial charge in [-0.25, -0.2) is 4.98 Å². The highest BCUT2D eigenvalue weighted by atomic mass is 32.1. The van der Waals surface area contributed by atoms with Crippen LogP contribution in [0.15, 0.2) is 41.9 Å². The first-order valence-corrected chi connectivity index (χ1v) is 10.7. The number of benzene rings is 1. The van der Waals surface area contributed by atoms with Crippen LogP contribution >= 0.6 is 22.7 Å². The largest absolute Gasteiger partial charge is 0.249 e. The van der Waals surface area contributed by atoms with Crippen LogP contribution in [0.5, 0.6) is 0 Å². The molecule has 0 aliphatic carbocycles. The van der Waals surface area contributed by atoms with Crippen LogP contribution in [0, 0.1) is 0 Å². The standard InChI is InChI=1S/C22H27NS2/c1-6-19-11-16(14-24-19)12-22(4,5)18-9-7-17(8-10-18)20-13-23-21(25-20)15(2)3/h7-11,13-15H,6,12H2,1-5H3. The molecule has 0 saturated heterocycles. The van der Waals surface area contributed by atoms with Crippen LogP contribution in [0.1, 0.15) is 61.5 Å². The van der Waals surface area contributed by atoms with Gasteiger partial charge in [-0.2, -0.15) is 0 Å². The first-order chi connectivity index (χ1) is 11.9. The van der Waals surface area contributed by atoms with E-state index in [-0.39, 0.29) is 5.41 Å². The molecule has 25 heavy (non-hydrogen) atoms. The Morgan fingerprint density at radius 1 is 1.12 bits per heavy atom. The van der Waals surface area contributed by atoms with Gasteiger partial charge in [0.2, 0.25) is 0 Å². The van der Waals surface area contributed by atoms with Gasteiger partial charge in [0, 0.05) is 17.0 Å². The van der Waals surface area contributed by atoms with E-state index in [0.29, 0.717) is 5.92 Å². The van der Waals surface area contributed by atoms with Gasteiger partial charge < -0.3 is 0 Å². The van der Waals surface area contributed by atoms with Crippen molar-refractivity contribution >= 4 is 22.7 Å². The van der Waals surface area contributed by atoms with E-state index in [1.165, 1.54) is 31.5 Å². The molecule has 3 aromatic rings. The van der Waals surface area contributed by atoms with Crippen molar-refractivity contribution in [2.24, 2.45) is 0 Å². The summed E-state index contributed by atoms with van der Waals surface area (Å²) in [6.07, 6.45) is 4.23. The minimum absolute atomic E-state index is 0.140.